The number of hydrogen-bond donors (Lipinski definition) is 2. The second-order valence-corrected chi connectivity index (χ2v) is 4.91. The summed E-state index contributed by atoms with van der Waals surface area (Å²) in [5.41, 5.74) is 9.04. The van der Waals surface area contributed by atoms with Crippen molar-refractivity contribution in [2.45, 2.75) is 12.6 Å². The van der Waals surface area contributed by atoms with Gasteiger partial charge in [0.15, 0.2) is 0 Å². The van der Waals surface area contributed by atoms with Crippen LogP contribution in [-0.4, -0.2) is 14.9 Å². The number of anilines is 2. The Hall–Kier alpha value is -2.62. The summed E-state index contributed by atoms with van der Waals surface area (Å²) in [6.07, 6.45) is -4.93. The van der Waals surface area contributed by atoms with E-state index in [9.17, 15) is 23.3 Å². The fourth-order valence-corrected chi connectivity index (χ4v) is 2.11. The number of benzene rings is 1. The first-order valence-electron chi connectivity index (χ1n) is 6.01. The van der Waals surface area contributed by atoms with Gasteiger partial charge in [-0.15, -0.1) is 0 Å². The predicted molar refractivity (Wildman–Crippen MR) is 76.8 cm³/mol. The maximum atomic E-state index is 12.8. The SMILES string of the molecule is Nc1nc(N)c([N+](=O)[O-])c(Cc2cc(C(F)(F)F)ccc2Cl)n1. The van der Waals surface area contributed by atoms with Gasteiger partial charge in [-0.05, 0) is 23.8 Å². The number of nitrogen functional groups attached to an aromatic ring is 2. The van der Waals surface area contributed by atoms with Gasteiger partial charge in [0, 0.05) is 11.4 Å². The Kier molecular flexibility index (Phi) is 4.28. The van der Waals surface area contributed by atoms with E-state index in [4.69, 9.17) is 23.1 Å². The summed E-state index contributed by atoms with van der Waals surface area (Å²) in [6.45, 7) is 0. The van der Waals surface area contributed by atoms with E-state index in [2.05, 4.69) is 9.97 Å². The van der Waals surface area contributed by atoms with E-state index in [1.165, 1.54) is 0 Å². The zero-order chi connectivity index (χ0) is 17.4. The molecule has 0 atom stereocenters. The first-order chi connectivity index (χ1) is 10.6. The molecule has 2 rings (SSSR count). The molecule has 0 aliphatic heterocycles. The fourth-order valence-electron chi connectivity index (χ4n) is 1.93. The number of hydrogen-bond acceptors (Lipinski definition) is 6. The molecule has 4 N–H and O–H groups in total. The van der Waals surface area contributed by atoms with Crippen LogP contribution in [0.1, 0.15) is 16.8 Å². The Morgan fingerprint density at radius 3 is 2.48 bits per heavy atom. The largest absolute Gasteiger partial charge is 0.416 e. The first kappa shape index (κ1) is 16.7. The van der Waals surface area contributed by atoms with Crippen LogP contribution in [-0.2, 0) is 12.6 Å². The lowest BCUT2D eigenvalue weighted by Gasteiger charge is -2.11. The maximum Gasteiger partial charge on any atom is 0.416 e. The van der Waals surface area contributed by atoms with Gasteiger partial charge in [0.05, 0.1) is 10.5 Å². The van der Waals surface area contributed by atoms with Crippen molar-refractivity contribution in [1.29, 1.82) is 0 Å². The molecule has 1 aromatic heterocycles. The van der Waals surface area contributed by atoms with Crippen LogP contribution in [0, 0.1) is 10.1 Å². The molecule has 1 aromatic carbocycles. The molecule has 0 saturated heterocycles. The summed E-state index contributed by atoms with van der Waals surface area (Å²) in [5.74, 6) is -0.799. The van der Waals surface area contributed by atoms with Crippen molar-refractivity contribution in [3.8, 4) is 0 Å². The summed E-state index contributed by atoms with van der Waals surface area (Å²) < 4.78 is 38.3. The molecular weight excluding hydrogens is 339 g/mol. The molecule has 0 bridgehead atoms. The van der Waals surface area contributed by atoms with Crippen LogP contribution in [0.3, 0.4) is 0 Å². The summed E-state index contributed by atoms with van der Waals surface area (Å²) in [6, 6.07) is 2.66. The molecule has 1 heterocycles. The summed E-state index contributed by atoms with van der Waals surface area (Å²) in [4.78, 5) is 17.4. The highest BCUT2D eigenvalue weighted by molar-refractivity contribution is 6.31. The first-order valence-corrected chi connectivity index (χ1v) is 6.39. The fraction of sp³-hybridized carbons (Fsp3) is 0.167. The number of nitrogens with two attached hydrogens (primary N) is 2. The van der Waals surface area contributed by atoms with E-state index in [-0.39, 0.29) is 28.6 Å². The Labute approximate surface area is 132 Å². The van der Waals surface area contributed by atoms with Gasteiger partial charge in [-0.25, -0.2) is 4.98 Å². The molecule has 0 amide bonds. The monoisotopic (exact) mass is 347 g/mol. The molecular formula is C12H9ClF3N5O2. The molecule has 0 unspecified atom stereocenters. The van der Waals surface area contributed by atoms with Crippen LogP contribution in [0.25, 0.3) is 0 Å². The molecule has 122 valence electrons. The van der Waals surface area contributed by atoms with Gasteiger partial charge < -0.3 is 11.5 Å². The minimum absolute atomic E-state index is 0.00194. The van der Waals surface area contributed by atoms with E-state index < -0.39 is 28.2 Å². The lowest BCUT2D eigenvalue weighted by Crippen LogP contribution is -2.10. The number of rotatable bonds is 3. The Bertz CT molecular complexity index is 782. The summed E-state index contributed by atoms with van der Waals surface area (Å²) >= 11 is 5.86. The second-order valence-electron chi connectivity index (χ2n) is 4.50. The highest BCUT2D eigenvalue weighted by Crippen LogP contribution is 2.34. The van der Waals surface area contributed by atoms with E-state index in [1.807, 2.05) is 0 Å². The van der Waals surface area contributed by atoms with Crippen molar-refractivity contribution in [2.24, 2.45) is 0 Å². The third-order valence-corrected chi connectivity index (χ3v) is 3.28. The van der Waals surface area contributed by atoms with Gasteiger partial charge in [-0.3, -0.25) is 10.1 Å². The Balaban J connectivity index is 2.53. The zero-order valence-electron chi connectivity index (χ0n) is 11.3. The van der Waals surface area contributed by atoms with E-state index in [1.54, 1.807) is 0 Å². The van der Waals surface area contributed by atoms with Crippen LogP contribution < -0.4 is 11.5 Å². The topological polar surface area (TPSA) is 121 Å². The van der Waals surface area contributed by atoms with E-state index in [0.717, 1.165) is 18.2 Å². The Morgan fingerprint density at radius 1 is 1.26 bits per heavy atom. The van der Waals surface area contributed by atoms with E-state index in [0.29, 0.717) is 0 Å². The number of alkyl halides is 3. The average Bonchev–Trinajstić information content (AvgIpc) is 2.38. The summed E-state index contributed by atoms with van der Waals surface area (Å²) in [7, 11) is 0. The van der Waals surface area contributed by atoms with Crippen LogP contribution in [0.15, 0.2) is 18.2 Å². The molecule has 0 aliphatic rings. The lowest BCUT2D eigenvalue weighted by atomic mass is 10.0. The number of nitro groups is 1. The van der Waals surface area contributed by atoms with Crippen molar-refractivity contribution in [1.82, 2.24) is 9.97 Å². The molecule has 0 fully saturated rings. The number of nitrogens with zero attached hydrogens (tertiary/aromatic N) is 3. The van der Waals surface area contributed by atoms with Gasteiger partial charge in [-0.2, -0.15) is 18.2 Å². The van der Waals surface area contributed by atoms with Gasteiger partial charge in [0.25, 0.3) is 0 Å². The van der Waals surface area contributed by atoms with Gasteiger partial charge >= 0.3 is 11.9 Å². The van der Waals surface area contributed by atoms with Crippen molar-refractivity contribution in [3.05, 3.63) is 50.2 Å². The van der Waals surface area contributed by atoms with Gasteiger partial charge in [0.2, 0.25) is 11.8 Å². The van der Waals surface area contributed by atoms with Gasteiger partial charge in [0.1, 0.15) is 5.69 Å². The third kappa shape index (κ3) is 3.59. The normalized spacial score (nSPS) is 11.5. The van der Waals surface area contributed by atoms with Crippen molar-refractivity contribution < 1.29 is 18.1 Å². The quantitative estimate of drug-likeness (QED) is 0.650. The van der Waals surface area contributed by atoms with Crippen molar-refractivity contribution in [3.63, 3.8) is 0 Å². The molecule has 0 saturated carbocycles. The van der Waals surface area contributed by atoms with Crippen LogP contribution in [0.2, 0.25) is 5.02 Å². The molecule has 23 heavy (non-hydrogen) atoms. The smallest absolute Gasteiger partial charge is 0.378 e. The minimum atomic E-state index is -4.57. The molecule has 7 nitrogen and oxygen atoms in total. The van der Waals surface area contributed by atoms with Crippen LogP contribution in [0.5, 0.6) is 0 Å². The number of halogens is 4. The minimum Gasteiger partial charge on any atom is -0.378 e. The molecule has 11 heteroatoms. The highest BCUT2D eigenvalue weighted by atomic mass is 35.5. The highest BCUT2D eigenvalue weighted by Gasteiger charge is 2.31. The van der Waals surface area contributed by atoms with Crippen molar-refractivity contribution in [2.75, 3.05) is 11.5 Å². The standard InChI is InChI=1S/C12H9ClF3N5O2/c13-7-2-1-6(12(14,15)16)3-5(7)4-8-9(21(22)23)10(17)20-11(18)19-8/h1-3H,4H2,(H4,17,18,19,20). The second kappa shape index (κ2) is 5.88. The zero-order valence-corrected chi connectivity index (χ0v) is 12.0. The van der Waals surface area contributed by atoms with Crippen LogP contribution >= 0.6 is 11.6 Å². The average molecular weight is 348 g/mol. The predicted octanol–water partition coefficient (Wildman–Crippen LogP) is 2.81. The van der Waals surface area contributed by atoms with E-state index >= 15 is 0 Å². The number of aromatic nitrogens is 2. The maximum absolute atomic E-state index is 12.8. The Morgan fingerprint density at radius 2 is 1.91 bits per heavy atom. The third-order valence-electron chi connectivity index (χ3n) is 2.91. The molecule has 0 aliphatic carbocycles. The summed E-state index contributed by atoms with van der Waals surface area (Å²) in [5, 5.41) is 11.0. The molecule has 2 aromatic rings. The molecule has 0 spiro atoms. The lowest BCUT2D eigenvalue weighted by molar-refractivity contribution is -0.385. The molecule has 0 radical (unpaired) electrons. The van der Waals surface area contributed by atoms with Crippen LogP contribution in [0.4, 0.5) is 30.6 Å². The van der Waals surface area contributed by atoms with Gasteiger partial charge in [-0.1, -0.05) is 11.6 Å². The van der Waals surface area contributed by atoms with Crippen molar-refractivity contribution >= 4 is 29.1 Å².